The van der Waals surface area contributed by atoms with E-state index >= 15 is 0 Å². The van der Waals surface area contributed by atoms with Gasteiger partial charge in [-0.25, -0.2) is 0 Å². The summed E-state index contributed by atoms with van der Waals surface area (Å²) in [5.74, 6) is 0.395. The van der Waals surface area contributed by atoms with Gasteiger partial charge in [0.05, 0.1) is 6.17 Å². The van der Waals surface area contributed by atoms with Crippen molar-refractivity contribution in [1.82, 2.24) is 10.2 Å². The molecule has 0 saturated carbocycles. The Morgan fingerprint density at radius 2 is 2.08 bits per heavy atom. The summed E-state index contributed by atoms with van der Waals surface area (Å²) in [7, 11) is 0. The molecule has 0 spiro atoms. The standard InChI is InChI=1S/C10H14N2O/c13-9-4-7-12(8-5-9)10-3-1-2-6-11-10/h1-3,6,10-11H,4-5,7-8H2. The van der Waals surface area contributed by atoms with E-state index in [1.165, 1.54) is 0 Å². The van der Waals surface area contributed by atoms with Crippen molar-refractivity contribution in [2.45, 2.75) is 19.0 Å². The van der Waals surface area contributed by atoms with Crippen molar-refractivity contribution in [1.29, 1.82) is 0 Å². The van der Waals surface area contributed by atoms with Crippen molar-refractivity contribution in [3.05, 3.63) is 24.4 Å². The summed E-state index contributed by atoms with van der Waals surface area (Å²) in [6.07, 6.45) is 9.78. The van der Waals surface area contributed by atoms with Gasteiger partial charge in [-0.3, -0.25) is 9.69 Å². The zero-order chi connectivity index (χ0) is 9.10. The van der Waals surface area contributed by atoms with E-state index in [0.29, 0.717) is 18.6 Å². The van der Waals surface area contributed by atoms with Crippen molar-refractivity contribution >= 4 is 5.78 Å². The van der Waals surface area contributed by atoms with Gasteiger partial charge in [-0.2, -0.15) is 0 Å². The molecule has 1 atom stereocenters. The first-order valence-corrected chi connectivity index (χ1v) is 4.71. The molecule has 2 aliphatic heterocycles. The third-order valence-electron chi connectivity index (χ3n) is 2.52. The molecule has 0 aromatic carbocycles. The Bertz CT molecular complexity index is 248. The van der Waals surface area contributed by atoms with Gasteiger partial charge in [0.1, 0.15) is 5.78 Å². The van der Waals surface area contributed by atoms with E-state index in [4.69, 9.17) is 0 Å². The SMILES string of the molecule is O=C1CCN(C2C=CC=CN2)CC1. The van der Waals surface area contributed by atoms with Crippen molar-refractivity contribution in [2.24, 2.45) is 0 Å². The fraction of sp³-hybridized carbons (Fsp3) is 0.500. The molecule has 0 radical (unpaired) electrons. The Morgan fingerprint density at radius 3 is 2.69 bits per heavy atom. The lowest BCUT2D eigenvalue weighted by molar-refractivity contribution is -0.121. The number of allylic oxidation sites excluding steroid dienone is 2. The van der Waals surface area contributed by atoms with Crippen LogP contribution in [-0.4, -0.2) is 29.9 Å². The minimum absolute atomic E-state index is 0.290. The van der Waals surface area contributed by atoms with Crippen LogP contribution in [0, 0.1) is 0 Å². The first-order valence-electron chi connectivity index (χ1n) is 4.71. The van der Waals surface area contributed by atoms with Crippen LogP contribution in [0.15, 0.2) is 24.4 Å². The number of carbonyl (C=O) groups is 1. The molecule has 2 aliphatic rings. The second kappa shape index (κ2) is 3.75. The number of nitrogens with one attached hydrogen (secondary N) is 1. The number of hydrogen-bond acceptors (Lipinski definition) is 3. The highest BCUT2D eigenvalue weighted by Gasteiger charge is 2.21. The second-order valence-electron chi connectivity index (χ2n) is 3.43. The number of Topliss-reactive ketones (excluding diaryl/α,β-unsaturated/α-hetero) is 1. The van der Waals surface area contributed by atoms with Crippen LogP contribution in [0.1, 0.15) is 12.8 Å². The van der Waals surface area contributed by atoms with Crippen molar-refractivity contribution < 1.29 is 4.79 Å². The highest BCUT2D eigenvalue weighted by molar-refractivity contribution is 5.79. The molecule has 0 bridgehead atoms. The van der Waals surface area contributed by atoms with E-state index < -0.39 is 0 Å². The molecule has 1 fully saturated rings. The molecule has 2 rings (SSSR count). The Balaban J connectivity index is 1.91. The minimum Gasteiger partial charge on any atom is -0.372 e. The number of ketones is 1. The zero-order valence-corrected chi connectivity index (χ0v) is 7.57. The average molecular weight is 178 g/mol. The summed E-state index contributed by atoms with van der Waals surface area (Å²) < 4.78 is 0. The number of rotatable bonds is 1. The molecule has 1 N–H and O–H groups in total. The average Bonchev–Trinajstić information content (AvgIpc) is 2.20. The summed E-state index contributed by atoms with van der Waals surface area (Å²) >= 11 is 0. The van der Waals surface area contributed by atoms with Gasteiger partial charge >= 0.3 is 0 Å². The van der Waals surface area contributed by atoms with Crippen LogP contribution < -0.4 is 5.32 Å². The van der Waals surface area contributed by atoms with Gasteiger partial charge in [-0.15, -0.1) is 0 Å². The third kappa shape index (κ3) is 1.98. The van der Waals surface area contributed by atoms with E-state index in [-0.39, 0.29) is 6.17 Å². The second-order valence-corrected chi connectivity index (χ2v) is 3.43. The molecule has 2 heterocycles. The van der Waals surface area contributed by atoms with Gasteiger partial charge in [-0.05, 0) is 18.4 Å². The Morgan fingerprint density at radius 1 is 1.31 bits per heavy atom. The number of carbonyl (C=O) groups excluding carboxylic acids is 1. The van der Waals surface area contributed by atoms with Crippen molar-refractivity contribution in [2.75, 3.05) is 13.1 Å². The van der Waals surface area contributed by atoms with Crippen LogP contribution in [0.25, 0.3) is 0 Å². The smallest absolute Gasteiger partial charge is 0.135 e. The molecule has 0 amide bonds. The lowest BCUT2D eigenvalue weighted by Crippen LogP contribution is -2.47. The van der Waals surface area contributed by atoms with E-state index in [1.54, 1.807) is 0 Å². The quantitative estimate of drug-likeness (QED) is 0.640. The lowest BCUT2D eigenvalue weighted by Gasteiger charge is -2.33. The van der Waals surface area contributed by atoms with Gasteiger partial charge < -0.3 is 5.32 Å². The molecular weight excluding hydrogens is 164 g/mol. The lowest BCUT2D eigenvalue weighted by atomic mass is 10.1. The van der Waals surface area contributed by atoms with E-state index in [0.717, 1.165) is 13.1 Å². The van der Waals surface area contributed by atoms with Crippen LogP contribution in [0.5, 0.6) is 0 Å². The van der Waals surface area contributed by atoms with Crippen LogP contribution in [0.4, 0.5) is 0 Å². The number of nitrogens with zero attached hydrogens (tertiary/aromatic N) is 1. The van der Waals surface area contributed by atoms with Gasteiger partial charge in [0, 0.05) is 25.9 Å². The van der Waals surface area contributed by atoms with Crippen molar-refractivity contribution in [3.63, 3.8) is 0 Å². The maximum atomic E-state index is 11.0. The first-order chi connectivity index (χ1) is 6.36. The number of piperidine rings is 1. The van der Waals surface area contributed by atoms with Gasteiger partial charge in [0.15, 0.2) is 0 Å². The highest BCUT2D eigenvalue weighted by atomic mass is 16.1. The maximum absolute atomic E-state index is 11.0. The van der Waals surface area contributed by atoms with E-state index in [1.807, 2.05) is 18.4 Å². The maximum Gasteiger partial charge on any atom is 0.135 e. The van der Waals surface area contributed by atoms with Crippen LogP contribution in [0.3, 0.4) is 0 Å². The Kier molecular flexibility index (Phi) is 2.45. The molecule has 3 heteroatoms. The first kappa shape index (κ1) is 8.51. The molecule has 0 aliphatic carbocycles. The normalized spacial score (nSPS) is 28.9. The molecular formula is C10H14N2O. The summed E-state index contributed by atoms with van der Waals surface area (Å²) in [6, 6.07) is 0. The third-order valence-corrected chi connectivity index (χ3v) is 2.52. The largest absolute Gasteiger partial charge is 0.372 e. The molecule has 0 aromatic rings. The fourth-order valence-electron chi connectivity index (χ4n) is 1.71. The number of likely N-dealkylation sites (tertiary alicyclic amines) is 1. The van der Waals surface area contributed by atoms with E-state index in [9.17, 15) is 4.79 Å². The Labute approximate surface area is 78.1 Å². The summed E-state index contributed by atoms with van der Waals surface area (Å²) in [5, 5.41) is 3.25. The van der Waals surface area contributed by atoms with Crippen LogP contribution in [0.2, 0.25) is 0 Å². The minimum atomic E-state index is 0.290. The van der Waals surface area contributed by atoms with Gasteiger partial charge in [-0.1, -0.05) is 6.08 Å². The monoisotopic (exact) mass is 178 g/mol. The highest BCUT2D eigenvalue weighted by Crippen LogP contribution is 2.10. The molecule has 13 heavy (non-hydrogen) atoms. The Hall–Kier alpha value is -1.09. The number of dihydropyridines is 1. The predicted molar refractivity (Wildman–Crippen MR) is 51.0 cm³/mol. The van der Waals surface area contributed by atoms with Gasteiger partial charge in [0.25, 0.3) is 0 Å². The van der Waals surface area contributed by atoms with Crippen LogP contribution >= 0.6 is 0 Å². The summed E-state index contributed by atoms with van der Waals surface area (Å²) in [5.41, 5.74) is 0. The van der Waals surface area contributed by atoms with Crippen molar-refractivity contribution in [3.8, 4) is 0 Å². The molecule has 3 nitrogen and oxygen atoms in total. The molecule has 1 unspecified atom stereocenters. The fourth-order valence-corrected chi connectivity index (χ4v) is 1.71. The summed E-state index contributed by atoms with van der Waals surface area (Å²) in [4.78, 5) is 13.3. The predicted octanol–water partition coefficient (Wildman–Crippen LogP) is 0.650. The van der Waals surface area contributed by atoms with Gasteiger partial charge in [0.2, 0.25) is 0 Å². The molecule has 0 aromatic heterocycles. The summed E-state index contributed by atoms with van der Waals surface area (Å²) in [6.45, 7) is 1.77. The topological polar surface area (TPSA) is 32.3 Å². The molecule has 1 saturated heterocycles. The zero-order valence-electron chi connectivity index (χ0n) is 7.57. The molecule has 70 valence electrons. The number of hydrogen-bond donors (Lipinski definition) is 1. The van der Waals surface area contributed by atoms with E-state index in [2.05, 4.69) is 16.3 Å². The van der Waals surface area contributed by atoms with Crippen LogP contribution in [-0.2, 0) is 4.79 Å².